The zero-order chi connectivity index (χ0) is 18.0. The number of hydrogen-bond donors (Lipinski definition) is 2. The Hall–Kier alpha value is -1.46. The van der Waals surface area contributed by atoms with Gasteiger partial charge in [0.25, 0.3) is 0 Å². The van der Waals surface area contributed by atoms with E-state index >= 15 is 0 Å². The van der Waals surface area contributed by atoms with Crippen LogP contribution in [0.2, 0.25) is 0 Å². The molecular formula is C19H31N3O2. The van der Waals surface area contributed by atoms with Crippen molar-refractivity contribution in [1.29, 1.82) is 0 Å². The lowest BCUT2D eigenvalue weighted by Crippen LogP contribution is -2.49. The number of hydrogen-bond acceptors (Lipinski definition) is 4. The van der Waals surface area contributed by atoms with Crippen LogP contribution in [0.4, 0.5) is 0 Å². The number of ketones is 2. The van der Waals surface area contributed by atoms with Gasteiger partial charge in [-0.15, -0.1) is 0 Å². The summed E-state index contributed by atoms with van der Waals surface area (Å²) in [4.78, 5) is 30.1. The Morgan fingerprint density at radius 1 is 1.17 bits per heavy atom. The van der Waals surface area contributed by atoms with Gasteiger partial charge in [-0.05, 0) is 46.1 Å². The van der Waals surface area contributed by atoms with Crippen LogP contribution in [0.15, 0.2) is 0 Å². The van der Waals surface area contributed by atoms with E-state index in [2.05, 4.69) is 29.0 Å². The lowest BCUT2D eigenvalue weighted by molar-refractivity contribution is 0.0779. The molecule has 1 aromatic rings. The molecule has 1 saturated heterocycles. The van der Waals surface area contributed by atoms with E-state index in [1.807, 2.05) is 20.8 Å². The van der Waals surface area contributed by atoms with Crippen molar-refractivity contribution >= 4 is 11.6 Å². The van der Waals surface area contributed by atoms with E-state index in [1.54, 1.807) is 6.92 Å². The topological polar surface area (TPSA) is 65.2 Å². The molecule has 0 aliphatic carbocycles. The van der Waals surface area contributed by atoms with Crippen molar-refractivity contribution in [1.82, 2.24) is 15.2 Å². The smallest absolute Gasteiger partial charge is 0.196 e. The molecule has 2 rings (SSSR count). The minimum Gasteiger partial charge on any atom is -0.355 e. The van der Waals surface area contributed by atoms with E-state index < -0.39 is 0 Å². The molecule has 0 spiro atoms. The van der Waals surface area contributed by atoms with Gasteiger partial charge >= 0.3 is 0 Å². The summed E-state index contributed by atoms with van der Waals surface area (Å²) in [6.07, 6.45) is 2.13. The van der Waals surface area contributed by atoms with Crippen LogP contribution < -0.4 is 5.32 Å². The van der Waals surface area contributed by atoms with E-state index in [9.17, 15) is 9.59 Å². The van der Waals surface area contributed by atoms with Crippen LogP contribution in [-0.4, -0.2) is 52.7 Å². The first-order valence-electron chi connectivity index (χ1n) is 8.96. The monoisotopic (exact) mass is 333 g/mol. The molecule has 1 atom stereocenters. The minimum atomic E-state index is -0.165. The van der Waals surface area contributed by atoms with Crippen molar-refractivity contribution in [3.63, 3.8) is 0 Å². The molecule has 0 radical (unpaired) electrons. The number of aryl methyl sites for hydroxylation is 1. The number of carbonyl (C=O) groups is 2. The standard InChI is InChI=1S/C19H31N3O2/c1-11(2)20-16-7-9-22(10-8-16)14(5)19(24)18-12(3)17(15(6)23)13(4)21-18/h11,14,16,20-21H,7-10H2,1-6H3/t14-/m1/s1. The Kier molecular flexibility index (Phi) is 5.99. The molecule has 0 aromatic carbocycles. The van der Waals surface area contributed by atoms with Gasteiger partial charge in [-0.2, -0.15) is 0 Å². The van der Waals surface area contributed by atoms with Crippen molar-refractivity contribution in [2.75, 3.05) is 13.1 Å². The molecule has 2 N–H and O–H groups in total. The zero-order valence-corrected chi connectivity index (χ0v) is 15.8. The molecule has 2 heterocycles. The summed E-state index contributed by atoms with van der Waals surface area (Å²) in [5.74, 6) is 0.0897. The van der Waals surface area contributed by atoms with Gasteiger partial charge in [0.1, 0.15) is 0 Å². The molecule has 1 aliphatic rings. The molecule has 5 heteroatoms. The van der Waals surface area contributed by atoms with E-state index in [0.717, 1.165) is 37.2 Å². The summed E-state index contributed by atoms with van der Waals surface area (Å²) in [7, 11) is 0. The van der Waals surface area contributed by atoms with Gasteiger partial charge in [-0.3, -0.25) is 14.5 Å². The predicted molar refractivity (Wildman–Crippen MR) is 96.9 cm³/mol. The van der Waals surface area contributed by atoms with Gasteiger partial charge in [0.15, 0.2) is 11.6 Å². The summed E-state index contributed by atoms with van der Waals surface area (Å²) in [5, 5.41) is 3.58. The SMILES string of the molecule is CC(=O)c1c(C)[nH]c(C(=O)[C@@H](C)N2CCC(NC(C)C)CC2)c1C. The average molecular weight is 333 g/mol. The highest BCUT2D eigenvalue weighted by atomic mass is 16.1. The maximum absolute atomic E-state index is 12.9. The summed E-state index contributed by atoms with van der Waals surface area (Å²) >= 11 is 0. The molecule has 0 saturated carbocycles. The van der Waals surface area contributed by atoms with E-state index in [0.29, 0.717) is 23.3 Å². The van der Waals surface area contributed by atoms with Crippen LogP contribution in [-0.2, 0) is 0 Å². The van der Waals surface area contributed by atoms with Crippen molar-refractivity contribution in [3.05, 3.63) is 22.5 Å². The van der Waals surface area contributed by atoms with Crippen LogP contribution in [0.5, 0.6) is 0 Å². The molecule has 134 valence electrons. The van der Waals surface area contributed by atoms with Crippen LogP contribution >= 0.6 is 0 Å². The van der Waals surface area contributed by atoms with E-state index in [1.165, 1.54) is 0 Å². The van der Waals surface area contributed by atoms with Crippen LogP contribution in [0.3, 0.4) is 0 Å². The van der Waals surface area contributed by atoms with Gasteiger partial charge in [-0.25, -0.2) is 0 Å². The third-order valence-electron chi connectivity index (χ3n) is 5.06. The van der Waals surface area contributed by atoms with Gasteiger partial charge in [0.2, 0.25) is 0 Å². The fraction of sp³-hybridized carbons (Fsp3) is 0.684. The number of Topliss-reactive ketones (excluding diaryl/α,β-unsaturated/α-hetero) is 2. The maximum atomic E-state index is 12.9. The normalized spacial score (nSPS) is 18.1. The molecule has 1 aliphatic heterocycles. The molecule has 1 aromatic heterocycles. The molecular weight excluding hydrogens is 302 g/mol. The van der Waals surface area contributed by atoms with E-state index in [4.69, 9.17) is 0 Å². The molecule has 0 bridgehead atoms. The second-order valence-electron chi connectivity index (χ2n) is 7.35. The average Bonchev–Trinajstić information content (AvgIpc) is 2.80. The summed E-state index contributed by atoms with van der Waals surface area (Å²) in [5.41, 5.74) is 2.82. The first-order valence-corrected chi connectivity index (χ1v) is 8.96. The lowest BCUT2D eigenvalue weighted by atomic mass is 9.98. The number of piperidine rings is 1. The number of carbonyl (C=O) groups excluding carboxylic acids is 2. The third kappa shape index (κ3) is 3.95. The highest BCUT2D eigenvalue weighted by molar-refractivity contribution is 6.05. The highest BCUT2D eigenvalue weighted by Crippen LogP contribution is 2.22. The van der Waals surface area contributed by atoms with Crippen molar-refractivity contribution in [2.24, 2.45) is 0 Å². The summed E-state index contributed by atoms with van der Waals surface area (Å²) < 4.78 is 0. The number of aromatic amines is 1. The minimum absolute atomic E-state index is 0.00790. The highest BCUT2D eigenvalue weighted by Gasteiger charge is 2.30. The van der Waals surface area contributed by atoms with Crippen LogP contribution in [0.25, 0.3) is 0 Å². The quantitative estimate of drug-likeness (QED) is 0.786. The maximum Gasteiger partial charge on any atom is 0.196 e. The van der Waals surface area contributed by atoms with Gasteiger partial charge in [-0.1, -0.05) is 13.8 Å². The number of aromatic nitrogens is 1. The second-order valence-corrected chi connectivity index (χ2v) is 7.35. The first-order chi connectivity index (χ1) is 11.2. The van der Waals surface area contributed by atoms with E-state index in [-0.39, 0.29) is 17.6 Å². The number of rotatable bonds is 6. The van der Waals surface area contributed by atoms with Gasteiger partial charge in [0, 0.05) is 36.4 Å². The fourth-order valence-electron chi connectivity index (χ4n) is 3.82. The first kappa shape index (κ1) is 18.9. The number of H-pyrrole nitrogens is 1. The fourth-order valence-corrected chi connectivity index (χ4v) is 3.82. The Morgan fingerprint density at radius 2 is 1.75 bits per heavy atom. The van der Waals surface area contributed by atoms with Gasteiger partial charge < -0.3 is 10.3 Å². The van der Waals surface area contributed by atoms with Crippen molar-refractivity contribution in [2.45, 2.75) is 72.5 Å². The molecule has 1 fully saturated rings. The second kappa shape index (κ2) is 7.62. The Balaban J connectivity index is 2.06. The van der Waals surface area contributed by atoms with Crippen LogP contribution in [0, 0.1) is 13.8 Å². The molecule has 0 amide bonds. The summed E-state index contributed by atoms with van der Waals surface area (Å²) in [6.45, 7) is 13.4. The zero-order valence-electron chi connectivity index (χ0n) is 15.8. The van der Waals surface area contributed by atoms with Gasteiger partial charge in [0.05, 0.1) is 11.7 Å². The molecule has 24 heavy (non-hydrogen) atoms. The summed E-state index contributed by atoms with van der Waals surface area (Å²) in [6, 6.07) is 0.874. The molecule has 5 nitrogen and oxygen atoms in total. The Morgan fingerprint density at radius 3 is 2.21 bits per heavy atom. The Bertz CT molecular complexity index is 610. The Labute approximate surface area is 145 Å². The van der Waals surface area contributed by atoms with Crippen molar-refractivity contribution < 1.29 is 9.59 Å². The molecule has 0 unspecified atom stereocenters. The lowest BCUT2D eigenvalue weighted by Gasteiger charge is -2.36. The predicted octanol–water partition coefficient (Wildman–Crippen LogP) is 2.87. The third-order valence-corrected chi connectivity index (χ3v) is 5.06. The largest absolute Gasteiger partial charge is 0.355 e. The van der Waals surface area contributed by atoms with Crippen LogP contribution in [0.1, 0.15) is 72.6 Å². The number of likely N-dealkylation sites (tertiary alicyclic amines) is 1. The van der Waals surface area contributed by atoms with Crippen molar-refractivity contribution in [3.8, 4) is 0 Å². The number of nitrogens with zero attached hydrogens (tertiary/aromatic N) is 1. The number of nitrogens with one attached hydrogen (secondary N) is 2.